The summed E-state index contributed by atoms with van der Waals surface area (Å²) in [4.78, 5) is 33.3. The van der Waals surface area contributed by atoms with Gasteiger partial charge in [0.25, 0.3) is 5.91 Å². The topological polar surface area (TPSA) is 118 Å². The molecule has 2 aromatic rings. The van der Waals surface area contributed by atoms with Gasteiger partial charge in [0.15, 0.2) is 0 Å². The molecular weight excluding hydrogens is 388 g/mol. The van der Waals surface area contributed by atoms with Crippen molar-refractivity contribution in [3.8, 4) is 22.3 Å². The zero-order valence-electron chi connectivity index (χ0n) is 16.3. The van der Waals surface area contributed by atoms with Crippen LogP contribution in [0.4, 0.5) is 0 Å². The van der Waals surface area contributed by atoms with Gasteiger partial charge in [-0.3, -0.25) is 9.59 Å². The highest BCUT2D eigenvalue weighted by atomic mass is 32.1. The van der Waals surface area contributed by atoms with Crippen molar-refractivity contribution in [2.24, 2.45) is 16.1 Å². The van der Waals surface area contributed by atoms with Gasteiger partial charge in [0.05, 0.1) is 22.3 Å². The third-order valence-corrected chi connectivity index (χ3v) is 5.66. The smallest absolute Gasteiger partial charge is 0.269 e. The summed E-state index contributed by atoms with van der Waals surface area (Å²) in [7, 11) is 0. The van der Waals surface area contributed by atoms with Gasteiger partial charge in [0.1, 0.15) is 22.2 Å². The lowest BCUT2D eigenvalue weighted by Gasteiger charge is -2.28. The Bertz CT molecular complexity index is 1080. The van der Waals surface area contributed by atoms with Crippen LogP contribution in [0.15, 0.2) is 41.5 Å². The average Bonchev–Trinajstić information content (AvgIpc) is 3.17. The standard InChI is InChI=1S/C21H20N4O3S/c1-4-21(20(23)27)8-7-17(26)25-18(21)19-24-11-16(29-19)13-5-6-14(10-22)15(9-13)28-12(2)3/h5-9,11-12H,4H2,1-3H3,(H2,23,27). The molecule has 1 aromatic carbocycles. The fraction of sp³-hybridized carbons (Fsp3) is 0.286. The van der Waals surface area contributed by atoms with Crippen LogP contribution in [0.2, 0.25) is 0 Å². The lowest BCUT2D eigenvalue weighted by Crippen LogP contribution is -2.44. The fourth-order valence-electron chi connectivity index (χ4n) is 3.07. The summed E-state index contributed by atoms with van der Waals surface area (Å²) in [5.41, 5.74) is 6.00. The van der Waals surface area contributed by atoms with Crippen LogP contribution in [0.25, 0.3) is 10.4 Å². The van der Waals surface area contributed by atoms with E-state index >= 15 is 0 Å². The molecule has 1 aliphatic heterocycles. The molecule has 0 fully saturated rings. The molecule has 148 valence electrons. The summed E-state index contributed by atoms with van der Waals surface area (Å²) in [6.45, 7) is 5.59. The molecule has 0 aliphatic carbocycles. The van der Waals surface area contributed by atoms with Crippen molar-refractivity contribution in [2.45, 2.75) is 33.3 Å². The highest BCUT2D eigenvalue weighted by Gasteiger charge is 2.42. The zero-order chi connectivity index (χ0) is 21.2. The Hall–Kier alpha value is -3.31. The first-order valence-electron chi connectivity index (χ1n) is 9.10. The molecule has 0 saturated heterocycles. The SMILES string of the molecule is CCC1(C(N)=O)C=CC(=O)N=C1c1ncc(-c2ccc(C#N)c(OC(C)C)c2)s1. The summed E-state index contributed by atoms with van der Waals surface area (Å²) in [5.74, 6) is -0.540. The minimum absolute atomic E-state index is 0.0792. The lowest BCUT2D eigenvalue weighted by molar-refractivity contribution is -0.122. The highest BCUT2D eigenvalue weighted by molar-refractivity contribution is 7.17. The van der Waals surface area contributed by atoms with Crippen LogP contribution < -0.4 is 10.5 Å². The monoisotopic (exact) mass is 408 g/mol. The first kappa shape index (κ1) is 20.4. The number of benzene rings is 1. The second-order valence-electron chi connectivity index (χ2n) is 6.84. The quantitative estimate of drug-likeness (QED) is 0.787. The average molecular weight is 408 g/mol. The van der Waals surface area contributed by atoms with Gasteiger partial charge in [-0.25, -0.2) is 9.98 Å². The van der Waals surface area contributed by atoms with E-state index in [0.29, 0.717) is 22.7 Å². The molecule has 1 aliphatic rings. The van der Waals surface area contributed by atoms with E-state index < -0.39 is 17.2 Å². The molecule has 0 radical (unpaired) electrons. The van der Waals surface area contributed by atoms with Gasteiger partial charge in [-0.2, -0.15) is 5.26 Å². The van der Waals surface area contributed by atoms with Crippen molar-refractivity contribution in [3.63, 3.8) is 0 Å². The second-order valence-corrected chi connectivity index (χ2v) is 7.87. The molecule has 0 spiro atoms. The number of thiazole rings is 1. The van der Waals surface area contributed by atoms with Crippen LogP contribution in [0.1, 0.15) is 37.8 Å². The predicted octanol–water partition coefficient (Wildman–Crippen LogP) is 3.24. The van der Waals surface area contributed by atoms with E-state index in [9.17, 15) is 14.9 Å². The van der Waals surface area contributed by atoms with Crippen LogP contribution in [0.3, 0.4) is 0 Å². The third-order valence-electron chi connectivity index (χ3n) is 4.61. The van der Waals surface area contributed by atoms with E-state index in [4.69, 9.17) is 10.5 Å². The van der Waals surface area contributed by atoms with E-state index in [1.54, 1.807) is 24.4 Å². The Morgan fingerprint density at radius 2 is 2.17 bits per heavy atom. The molecule has 8 heteroatoms. The summed E-state index contributed by atoms with van der Waals surface area (Å²) in [6, 6.07) is 7.40. The van der Waals surface area contributed by atoms with Gasteiger partial charge < -0.3 is 10.5 Å². The first-order chi connectivity index (χ1) is 13.8. The van der Waals surface area contributed by atoms with Crippen LogP contribution in [-0.2, 0) is 9.59 Å². The number of nitrogens with two attached hydrogens (primary N) is 1. The number of primary amides is 1. The number of ether oxygens (including phenoxy) is 1. The Labute approximate surface area is 172 Å². The second kappa shape index (κ2) is 7.97. The summed E-state index contributed by atoms with van der Waals surface area (Å²) >= 11 is 1.30. The molecule has 29 heavy (non-hydrogen) atoms. The van der Waals surface area contributed by atoms with Gasteiger partial charge >= 0.3 is 0 Å². The van der Waals surface area contributed by atoms with E-state index in [-0.39, 0.29) is 11.8 Å². The van der Waals surface area contributed by atoms with Gasteiger partial charge in [-0.15, -0.1) is 11.3 Å². The third kappa shape index (κ3) is 3.82. The fourth-order valence-corrected chi connectivity index (χ4v) is 4.06. The number of hydrogen-bond donors (Lipinski definition) is 1. The van der Waals surface area contributed by atoms with E-state index in [1.165, 1.54) is 23.5 Å². The Morgan fingerprint density at radius 1 is 1.41 bits per heavy atom. The Balaban J connectivity index is 2.04. The molecule has 2 amide bonds. The summed E-state index contributed by atoms with van der Waals surface area (Å²) in [5, 5.41) is 9.74. The largest absolute Gasteiger partial charge is 0.490 e. The van der Waals surface area contributed by atoms with E-state index in [1.807, 2.05) is 20.8 Å². The number of carbonyl (C=O) groups excluding carboxylic acids is 2. The van der Waals surface area contributed by atoms with Crippen molar-refractivity contribution in [3.05, 3.63) is 47.1 Å². The number of aromatic nitrogens is 1. The molecule has 7 nitrogen and oxygen atoms in total. The van der Waals surface area contributed by atoms with Crippen LogP contribution in [0, 0.1) is 16.7 Å². The normalized spacial score (nSPS) is 18.4. The van der Waals surface area contributed by atoms with Crippen molar-refractivity contribution >= 4 is 28.9 Å². The number of carbonyl (C=O) groups is 2. The Morgan fingerprint density at radius 3 is 2.79 bits per heavy atom. The summed E-state index contributed by atoms with van der Waals surface area (Å²) in [6.07, 6.45) is 4.71. The number of aliphatic imine (C=N–C) groups is 1. The maximum absolute atomic E-state index is 12.2. The number of rotatable bonds is 6. The predicted molar refractivity (Wildman–Crippen MR) is 111 cm³/mol. The number of dihydropyridines is 1. The van der Waals surface area contributed by atoms with E-state index in [0.717, 1.165) is 10.4 Å². The molecule has 2 N–H and O–H groups in total. The molecule has 0 bridgehead atoms. The van der Waals surface area contributed by atoms with Crippen molar-refractivity contribution < 1.29 is 14.3 Å². The molecular formula is C21H20N4O3S. The zero-order valence-corrected chi connectivity index (χ0v) is 17.1. The number of hydrogen-bond acceptors (Lipinski definition) is 6. The van der Waals surface area contributed by atoms with Crippen molar-refractivity contribution in [1.82, 2.24) is 4.98 Å². The van der Waals surface area contributed by atoms with Gasteiger partial charge in [0.2, 0.25) is 5.91 Å². The van der Waals surface area contributed by atoms with Crippen molar-refractivity contribution in [1.29, 1.82) is 5.26 Å². The molecule has 1 aromatic heterocycles. The maximum atomic E-state index is 12.2. The Kier molecular flexibility index (Phi) is 5.62. The molecule has 0 saturated carbocycles. The van der Waals surface area contributed by atoms with Gasteiger partial charge in [-0.05, 0) is 38.0 Å². The molecule has 2 heterocycles. The lowest BCUT2D eigenvalue weighted by atomic mass is 9.77. The molecule has 3 rings (SSSR count). The molecule has 1 unspecified atom stereocenters. The minimum atomic E-state index is -1.17. The van der Waals surface area contributed by atoms with Crippen molar-refractivity contribution in [2.75, 3.05) is 0 Å². The number of nitriles is 1. The number of nitrogens with zero attached hydrogens (tertiary/aromatic N) is 3. The summed E-state index contributed by atoms with van der Waals surface area (Å²) < 4.78 is 5.74. The number of amides is 2. The van der Waals surface area contributed by atoms with E-state index in [2.05, 4.69) is 16.0 Å². The maximum Gasteiger partial charge on any atom is 0.269 e. The molecule has 1 atom stereocenters. The van der Waals surface area contributed by atoms with Crippen LogP contribution >= 0.6 is 11.3 Å². The van der Waals surface area contributed by atoms with Gasteiger partial charge in [0, 0.05) is 12.3 Å². The van der Waals surface area contributed by atoms with Crippen LogP contribution in [-0.4, -0.2) is 28.6 Å². The first-order valence-corrected chi connectivity index (χ1v) is 9.92. The van der Waals surface area contributed by atoms with Gasteiger partial charge in [-0.1, -0.05) is 19.1 Å². The van der Waals surface area contributed by atoms with Crippen LogP contribution in [0.5, 0.6) is 5.75 Å². The highest BCUT2D eigenvalue weighted by Crippen LogP contribution is 2.37. The minimum Gasteiger partial charge on any atom is -0.490 e.